The van der Waals surface area contributed by atoms with E-state index in [0.717, 1.165) is 26.2 Å². The fourth-order valence-electron chi connectivity index (χ4n) is 4.59. The average Bonchev–Trinajstić information content (AvgIpc) is 3.14. The number of halogens is 2. The first kappa shape index (κ1) is 25.2. The van der Waals surface area contributed by atoms with Gasteiger partial charge in [-0.15, -0.1) is 24.8 Å². The van der Waals surface area contributed by atoms with Crippen LogP contribution in [0.5, 0.6) is 0 Å². The van der Waals surface area contributed by atoms with Gasteiger partial charge in [-0.25, -0.2) is 0 Å². The molecule has 1 spiro atoms. The number of rotatable bonds is 7. The summed E-state index contributed by atoms with van der Waals surface area (Å²) >= 11 is 1.71. The van der Waals surface area contributed by atoms with Gasteiger partial charge in [-0.2, -0.15) is 11.3 Å². The van der Waals surface area contributed by atoms with Gasteiger partial charge in [0.05, 0.1) is 6.04 Å². The zero-order chi connectivity index (χ0) is 19.6. The Hall–Kier alpha value is -1.11. The van der Waals surface area contributed by atoms with Crippen LogP contribution >= 0.6 is 36.2 Å². The van der Waals surface area contributed by atoms with Gasteiger partial charge in [-0.1, -0.05) is 30.3 Å². The van der Waals surface area contributed by atoms with E-state index in [-0.39, 0.29) is 36.8 Å². The maximum Gasteiger partial charge on any atom is 0.240 e. The van der Waals surface area contributed by atoms with E-state index in [1.165, 1.54) is 30.4 Å². The molecule has 1 aromatic carbocycles. The van der Waals surface area contributed by atoms with Gasteiger partial charge in [0.15, 0.2) is 0 Å². The van der Waals surface area contributed by atoms with Crippen molar-refractivity contribution < 1.29 is 4.79 Å². The molecule has 2 aliphatic rings. The lowest BCUT2D eigenvalue weighted by atomic mass is 9.93. The highest BCUT2D eigenvalue weighted by Gasteiger charge is 2.58. The van der Waals surface area contributed by atoms with Crippen molar-refractivity contribution in [3.63, 3.8) is 0 Å². The second-order valence-electron chi connectivity index (χ2n) is 8.51. The average molecular weight is 471 g/mol. The van der Waals surface area contributed by atoms with Crippen LogP contribution in [0.4, 0.5) is 0 Å². The van der Waals surface area contributed by atoms with Gasteiger partial charge < -0.3 is 10.2 Å². The van der Waals surface area contributed by atoms with Crippen molar-refractivity contribution in [1.82, 2.24) is 15.1 Å². The Morgan fingerprint density at radius 2 is 1.83 bits per heavy atom. The summed E-state index contributed by atoms with van der Waals surface area (Å²) in [4.78, 5) is 18.0. The highest BCUT2D eigenvalue weighted by molar-refractivity contribution is 7.07. The summed E-state index contributed by atoms with van der Waals surface area (Å²) in [6, 6.07) is 12.8. The maximum absolute atomic E-state index is 13.6. The molecule has 1 aliphatic heterocycles. The topological polar surface area (TPSA) is 35.6 Å². The molecule has 4 nitrogen and oxygen atoms in total. The normalized spacial score (nSPS) is 20.2. The number of nitrogens with zero attached hydrogens (tertiary/aromatic N) is 2. The number of benzene rings is 1. The molecule has 2 heterocycles. The van der Waals surface area contributed by atoms with Gasteiger partial charge in [0.25, 0.3) is 0 Å². The summed E-state index contributed by atoms with van der Waals surface area (Å²) in [5, 5.41) is 7.76. The van der Waals surface area contributed by atoms with Crippen LogP contribution in [0.1, 0.15) is 37.3 Å². The molecule has 2 aromatic rings. The second-order valence-corrected chi connectivity index (χ2v) is 9.29. The minimum absolute atomic E-state index is 0. The minimum Gasteiger partial charge on any atom is -0.333 e. The number of likely N-dealkylation sites (N-methyl/N-ethyl adjacent to an activating group) is 1. The molecule has 1 saturated heterocycles. The number of carbonyl (C=O) groups is 1. The van der Waals surface area contributed by atoms with Gasteiger partial charge in [-0.05, 0) is 79.7 Å². The van der Waals surface area contributed by atoms with E-state index in [4.69, 9.17) is 0 Å². The van der Waals surface area contributed by atoms with Gasteiger partial charge >= 0.3 is 0 Å². The lowest BCUT2D eigenvalue weighted by Crippen LogP contribution is -2.47. The molecule has 30 heavy (non-hydrogen) atoms. The molecule has 1 aliphatic carbocycles. The largest absolute Gasteiger partial charge is 0.333 e. The predicted molar refractivity (Wildman–Crippen MR) is 130 cm³/mol. The van der Waals surface area contributed by atoms with E-state index in [1.807, 2.05) is 6.07 Å². The number of hydrogen-bond acceptors (Lipinski definition) is 4. The Balaban J connectivity index is 0.00000160. The third-order valence-corrected chi connectivity index (χ3v) is 7.36. The number of hydrogen-bond donors (Lipinski definition) is 1. The van der Waals surface area contributed by atoms with Crippen LogP contribution in [0.3, 0.4) is 0 Å². The van der Waals surface area contributed by atoms with Crippen molar-refractivity contribution in [2.24, 2.45) is 5.41 Å². The fourth-order valence-corrected chi connectivity index (χ4v) is 5.25. The number of piperidine rings is 1. The van der Waals surface area contributed by atoms with E-state index < -0.39 is 0 Å². The Labute approximate surface area is 196 Å². The van der Waals surface area contributed by atoms with Crippen LogP contribution in [0.15, 0.2) is 47.2 Å². The fraction of sp³-hybridized carbons (Fsp3) is 0.522. The zero-order valence-electron chi connectivity index (χ0n) is 17.8. The Kier molecular flexibility index (Phi) is 9.19. The standard InChI is InChI=1S/C23H31N3OS.2ClH/c1-18(25(2)15-19-6-4-3-5-7-19)22(27)26(16-20-8-13-28-17-20)21-14-23(21)9-11-24-12-10-23;;/h3-8,13,17-18,21,24H,9-12,14-16H2,1-2H3;2*1H. The summed E-state index contributed by atoms with van der Waals surface area (Å²) in [7, 11) is 2.06. The number of amides is 1. The number of carbonyl (C=O) groups excluding carboxylic acids is 1. The van der Waals surface area contributed by atoms with Crippen LogP contribution in [0, 0.1) is 5.41 Å². The predicted octanol–water partition coefficient (Wildman–Crippen LogP) is 4.58. The van der Waals surface area contributed by atoms with E-state index in [9.17, 15) is 4.79 Å². The molecule has 1 N–H and O–H groups in total. The molecule has 2 atom stereocenters. The molecular weight excluding hydrogens is 437 g/mol. The second kappa shape index (κ2) is 11.0. The third kappa shape index (κ3) is 5.57. The summed E-state index contributed by atoms with van der Waals surface area (Å²) < 4.78 is 0. The van der Waals surface area contributed by atoms with Crippen molar-refractivity contribution in [2.45, 2.75) is 51.4 Å². The van der Waals surface area contributed by atoms with Crippen molar-refractivity contribution in [1.29, 1.82) is 0 Å². The zero-order valence-corrected chi connectivity index (χ0v) is 20.2. The van der Waals surface area contributed by atoms with Crippen LogP contribution in [0.25, 0.3) is 0 Å². The lowest BCUT2D eigenvalue weighted by Gasteiger charge is -2.33. The van der Waals surface area contributed by atoms with E-state index >= 15 is 0 Å². The molecule has 1 aromatic heterocycles. The van der Waals surface area contributed by atoms with Crippen molar-refractivity contribution in [3.8, 4) is 0 Å². The first-order valence-corrected chi connectivity index (χ1v) is 11.3. The Bertz CT molecular complexity index is 781. The van der Waals surface area contributed by atoms with E-state index in [2.05, 4.69) is 70.2 Å². The van der Waals surface area contributed by atoms with E-state index in [1.54, 1.807) is 11.3 Å². The smallest absolute Gasteiger partial charge is 0.240 e. The molecule has 7 heteroatoms. The SMILES string of the molecule is CC(C(=O)N(Cc1ccsc1)C1CC12CCNCC2)N(C)Cc1ccccc1.Cl.Cl. The molecule has 1 saturated carbocycles. The number of thiophene rings is 1. The summed E-state index contributed by atoms with van der Waals surface area (Å²) in [6.07, 6.45) is 3.55. The van der Waals surface area contributed by atoms with Crippen LogP contribution in [-0.2, 0) is 17.9 Å². The molecule has 4 rings (SSSR count). The number of nitrogens with one attached hydrogen (secondary N) is 1. The monoisotopic (exact) mass is 469 g/mol. The molecular formula is C23H33Cl2N3OS. The van der Waals surface area contributed by atoms with Crippen molar-refractivity contribution in [2.75, 3.05) is 20.1 Å². The molecule has 1 amide bonds. The quantitative estimate of drug-likeness (QED) is 0.644. The summed E-state index contributed by atoms with van der Waals surface area (Å²) in [5.74, 6) is 0.269. The van der Waals surface area contributed by atoms with Gasteiger partial charge in [-0.3, -0.25) is 9.69 Å². The van der Waals surface area contributed by atoms with Gasteiger partial charge in [0.2, 0.25) is 5.91 Å². The first-order valence-electron chi connectivity index (χ1n) is 10.4. The molecule has 0 bridgehead atoms. The van der Waals surface area contributed by atoms with Crippen LogP contribution in [0.2, 0.25) is 0 Å². The maximum atomic E-state index is 13.6. The summed E-state index contributed by atoms with van der Waals surface area (Å²) in [5.41, 5.74) is 2.86. The van der Waals surface area contributed by atoms with Crippen molar-refractivity contribution in [3.05, 3.63) is 58.3 Å². The highest BCUT2D eigenvalue weighted by Crippen LogP contribution is 2.56. The van der Waals surface area contributed by atoms with Gasteiger partial charge in [0.1, 0.15) is 0 Å². The molecule has 2 unspecified atom stereocenters. The van der Waals surface area contributed by atoms with Gasteiger partial charge in [0, 0.05) is 19.1 Å². The Morgan fingerprint density at radius 1 is 1.13 bits per heavy atom. The van der Waals surface area contributed by atoms with E-state index in [0.29, 0.717) is 11.5 Å². The Morgan fingerprint density at radius 3 is 2.47 bits per heavy atom. The minimum atomic E-state index is -0.127. The molecule has 166 valence electrons. The van der Waals surface area contributed by atoms with Crippen molar-refractivity contribution >= 4 is 42.1 Å². The third-order valence-electron chi connectivity index (χ3n) is 6.63. The lowest BCUT2D eigenvalue weighted by molar-refractivity contribution is -0.138. The van der Waals surface area contributed by atoms with Crippen LogP contribution in [-0.4, -0.2) is 47.9 Å². The summed E-state index contributed by atoms with van der Waals surface area (Å²) in [6.45, 7) is 5.76. The highest BCUT2D eigenvalue weighted by atomic mass is 35.5. The molecule has 2 fully saturated rings. The molecule has 0 radical (unpaired) electrons. The first-order chi connectivity index (χ1) is 13.6. The van der Waals surface area contributed by atoms with Crippen LogP contribution < -0.4 is 5.32 Å².